The van der Waals surface area contributed by atoms with Gasteiger partial charge in [-0.05, 0) is 17.8 Å². The van der Waals surface area contributed by atoms with Crippen molar-refractivity contribution in [3.63, 3.8) is 0 Å². The molecule has 1 rings (SSSR count). The van der Waals surface area contributed by atoms with Gasteiger partial charge in [-0.15, -0.1) is 0 Å². The van der Waals surface area contributed by atoms with Crippen LogP contribution in [-0.4, -0.2) is 0 Å². The fourth-order valence-electron chi connectivity index (χ4n) is 3.16. The predicted octanol–water partition coefficient (Wildman–Crippen LogP) is 5.95. The van der Waals surface area contributed by atoms with Gasteiger partial charge in [-0.3, -0.25) is 0 Å². The monoisotopic (exact) mass is 224 g/mol. The number of hydrogen-bond donors (Lipinski definition) is 0. The number of hydrogen-bond acceptors (Lipinski definition) is 0. The van der Waals surface area contributed by atoms with Crippen LogP contribution in [-0.2, 0) is 0 Å². The highest BCUT2D eigenvalue weighted by Crippen LogP contribution is 2.39. The lowest BCUT2D eigenvalue weighted by Crippen LogP contribution is -2.24. The van der Waals surface area contributed by atoms with Crippen molar-refractivity contribution < 1.29 is 0 Å². The third-order valence-corrected chi connectivity index (χ3v) is 5.13. The first kappa shape index (κ1) is 14.1. The van der Waals surface area contributed by atoms with Crippen molar-refractivity contribution in [2.24, 2.45) is 11.3 Å². The summed E-state index contributed by atoms with van der Waals surface area (Å²) in [6, 6.07) is 0. The summed E-state index contributed by atoms with van der Waals surface area (Å²) in [6.07, 6.45) is 16.1. The molecule has 0 heterocycles. The maximum absolute atomic E-state index is 2.53. The van der Waals surface area contributed by atoms with Gasteiger partial charge in [0.1, 0.15) is 0 Å². The average molecular weight is 224 g/mol. The molecule has 16 heavy (non-hydrogen) atoms. The van der Waals surface area contributed by atoms with E-state index in [-0.39, 0.29) is 0 Å². The summed E-state index contributed by atoms with van der Waals surface area (Å²) < 4.78 is 0. The summed E-state index contributed by atoms with van der Waals surface area (Å²) >= 11 is 0. The SMILES string of the molecule is CCC1(C)CCCCCCCCCCC1C. The van der Waals surface area contributed by atoms with Crippen LogP contribution in [0.2, 0.25) is 0 Å². The Morgan fingerprint density at radius 3 is 1.94 bits per heavy atom. The van der Waals surface area contributed by atoms with Crippen LogP contribution in [0.15, 0.2) is 0 Å². The van der Waals surface area contributed by atoms with Crippen LogP contribution in [0.5, 0.6) is 0 Å². The van der Waals surface area contributed by atoms with Gasteiger partial charge in [-0.2, -0.15) is 0 Å². The maximum Gasteiger partial charge on any atom is -0.0303 e. The summed E-state index contributed by atoms with van der Waals surface area (Å²) in [5.74, 6) is 0.928. The zero-order valence-electron chi connectivity index (χ0n) is 11.9. The highest BCUT2D eigenvalue weighted by atomic mass is 14.3. The van der Waals surface area contributed by atoms with E-state index >= 15 is 0 Å². The van der Waals surface area contributed by atoms with E-state index in [1.807, 2.05) is 0 Å². The van der Waals surface area contributed by atoms with Crippen molar-refractivity contribution >= 4 is 0 Å². The lowest BCUT2D eigenvalue weighted by atomic mass is 9.70. The Hall–Kier alpha value is 0. The van der Waals surface area contributed by atoms with Crippen molar-refractivity contribution in [1.29, 1.82) is 0 Å². The minimum absolute atomic E-state index is 0.624. The van der Waals surface area contributed by atoms with Crippen molar-refractivity contribution in [2.75, 3.05) is 0 Å². The second kappa shape index (κ2) is 7.35. The lowest BCUT2D eigenvalue weighted by Gasteiger charge is -2.35. The van der Waals surface area contributed by atoms with Crippen molar-refractivity contribution in [1.82, 2.24) is 0 Å². The molecule has 0 aliphatic heterocycles. The summed E-state index contributed by atoms with van der Waals surface area (Å²) in [4.78, 5) is 0. The van der Waals surface area contributed by atoms with Crippen LogP contribution in [0.4, 0.5) is 0 Å². The fraction of sp³-hybridized carbons (Fsp3) is 1.00. The molecule has 0 heteroatoms. The van der Waals surface area contributed by atoms with Gasteiger partial charge in [0, 0.05) is 0 Å². The molecule has 0 aromatic heterocycles. The smallest absolute Gasteiger partial charge is 0.0303 e. The van der Waals surface area contributed by atoms with E-state index in [0.29, 0.717) is 5.41 Å². The van der Waals surface area contributed by atoms with Gasteiger partial charge in [0.05, 0.1) is 0 Å². The first-order valence-electron chi connectivity index (χ1n) is 7.69. The number of rotatable bonds is 1. The lowest BCUT2D eigenvalue weighted by molar-refractivity contribution is 0.155. The summed E-state index contributed by atoms with van der Waals surface area (Å²) in [7, 11) is 0. The van der Waals surface area contributed by atoms with Gasteiger partial charge in [0.15, 0.2) is 0 Å². The molecule has 0 radical (unpaired) electrons. The fourth-order valence-corrected chi connectivity index (χ4v) is 3.16. The normalized spacial score (nSPS) is 35.1. The molecule has 0 amide bonds. The zero-order valence-corrected chi connectivity index (χ0v) is 11.9. The second-order valence-corrected chi connectivity index (χ2v) is 6.28. The van der Waals surface area contributed by atoms with Crippen LogP contribution in [0.1, 0.15) is 91.4 Å². The molecule has 2 atom stereocenters. The largest absolute Gasteiger partial charge is 0.0649 e. The topological polar surface area (TPSA) is 0 Å². The van der Waals surface area contributed by atoms with E-state index in [9.17, 15) is 0 Å². The highest BCUT2D eigenvalue weighted by molar-refractivity contribution is 4.79. The summed E-state index contributed by atoms with van der Waals surface area (Å²) in [6.45, 7) is 7.42. The van der Waals surface area contributed by atoms with Gasteiger partial charge < -0.3 is 0 Å². The van der Waals surface area contributed by atoms with E-state index < -0.39 is 0 Å². The van der Waals surface area contributed by atoms with E-state index in [4.69, 9.17) is 0 Å². The molecule has 0 bridgehead atoms. The molecule has 0 saturated heterocycles. The predicted molar refractivity (Wildman–Crippen MR) is 73.7 cm³/mol. The van der Waals surface area contributed by atoms with Crippen molar-refractivity contribution in [2.45, 2.75) is 91.4 Å². The van der Waals surface area contributed by atoms with Crippen molar-refractivity contribution in [3.05, 3.63) is 0 Å². The first-order valence-corrected chi connectivity index (χ1v) is 7.69. The zero-order chi connectivity index (χ0) is 11.9. The summed E-state index contributed by atoms with van der Waals surface area (Å²) in [5.41, 5.74) is 0.624. The quantitative estimate of drug-likeness (QED) is 0.516. The van der Waals surface area contributed by atoms with Crippen LogP contribution >= 0.6 is 0 Å². The average Bonchev–Trinajstić information content (AvgIpc) is 2.29. The molecule has 0 spiro atoms. The van der Waals surface area contributed by atoms with Crippen LogP contribution in [0.3, 0.4) is 0 Å². The second-order valence-electron chi connectivity index (χ2n) is 6.28. The van der Waals surface area contributed by atoms with Crippen LogP contribution in [0.25, 0.3) is 0 Å². The molecule has 0 aromatic rings. The first-order chi connectivity index (χ1) is 7.69. The standard InChI is InChI=1S/C16H32/c1-4-16(3)14-12-10-8-6-5-7-9-11-13-15(16)2/h15H,4-14H2,1-3H3. The molecule has 1 fully saturated rings. The molecule has 1 saturated carbocycles. The molecule has 1 aliphatic rings. The minimum atomic E-state index is 0.624. The van der Waals surface area contributed by atoms with Crippen LogP contribution < -0.4 is 0 Å². The Bertz CT molecular complexity index is 173. The third kappa shape index (κ3) is 4.47. The Morgan fingerprint density at radius 2 is 1.38 bits per heavy atom. The molecule has 2 unspecified atom stereocenters. The van der Waals surface area contributed by atoms with E-state index in [1.165, 1.54) is 70.6 Å². The van der Waals surface area contributed by atoms with Crippen LogP contribution in [0, 0.1) is 11.3 Å². The Kier molecular flexibility index (Phi) is 6.46. The molecule has 0 N–H and O–H groups in total. The molecular weight excluding hydrogens is 192 g/mol. The minimum Gasteiger partial charge on any atom is -0.0649 e. The van der Waals surface area contributed by atoms with Gasteiger partial charge in [-0.1, -0.05) is 85.0 Å². The van der Waals surface area contributed by atoms with Gasteiger partial charge in [0.25, 0.3) is 0 Å². The van der Waals surface area contributed by atoms with E-state index in [2.05, 4.69) is 20.8 Å². The highest BCUT2D eigenvalue weighted by Gasteiger charge is 2.28. The molecular formula is C16H32. The van der Waals surface area contributed by atoms with E-state index in [1.54, 1.807) is 0 Å². The molecule has 0 aromatic carbocycles. The Balaban J connectivity index is 2.47. The Labute approximate surface area is 103 Å². The molecule has 0 nitrogen and oxygen atoms in total. The third-order valence-electron chi connectivity index (χ3n) is 5.13. The van der Waals surface area contributed by atoms with Gasteiger partial charge in [-0.25, -0.2) is 0 Å². The van der Waals surface area contributed by atoms with E-state index in [0.717, 1.165) is 5.92 Å². The van der Waals surface area contributed by atoms with Gasteiger partial charge in [0.2, 0.25) is 0 Å². The maximum atomic E-state index is 2.53. The van der Waals surface area contributed by atoms with Gasteiger partial charge >= 0.3 is 0 Å². The molecule has 1 aliphatic carbocycles. The molecule has 96 valence electrons. The van der Waals surface area contributed by atoms with Crippen molar-refractivity contribution in [3.8, 4) is 0 Å². The summed E-state index contributed by atoms with van der Waals surface area (Å²) in [5, 5.41) is 0. The Morgan fingerprint density at radius 1 is 0.875 bits per heavy atom.